The molecule has 0 spiro atoms. The van der Waals surface area contributed by atoms with Gasteiger partial charge in [0.2, 0.25) is 0 Å². The molecular weight excluding hydrogens is 316 g/mol. The monoisotopic (exact) mass is 348 g/mol. The van der Waals surface area contributed by atoms with Gasteiger partial charge in [-0.25, -0.2) is 9.59 Å². The van der Waals surface area contributed by atoms with Crippen LogP contribution in [0.3, 0.4) is 0 Å². The molecule has 2 atom stereocenters. The van der Waals surface area contributed by atoms with Gasteiger partial charge in [-0.3, -0.25) is 0 Å². The Morgan fingerprint density at radius 2 is 1.80 bits per heavy atom. The average molecular weight is 348 g/mol. The first-order chi connectivity index (χ1) is 11.9. The Hall–Kier alpha value is -1.58. The first-order valence-electron chi connectivity index (χ1n) is 9.64. The molecule has 140 valence electrons. The molecule has 0 aromatic rings. The van der Waals surface area contributed by atoms with Crippen molar-refractivity contribution in [1.29, 1.82) is 0 Å². The van der Waals surface area contributed by atoms with Gasteiger partial charge in [0.05, 0.1) is 6.61 Å². The molecule has 4 heteroatoms. The number of carbonyl (C=O) groups is 2. The third-order valence-electron chi connectivity index (χ3n) is 5.74. The number of hydrogen-bond acceptors (Lipinski definition) is 4. The third-order valence-corrected chi connectivity index (χ3v) is 5.74. The van der Waals surface area contributed by atoms with Gasteiger partial charge in [-0.15, -0.1) is 0 Å². The van der Waals surface area contributed by atoms with Crippen LogP contribution in [0.1, 0.15) is 65.7 Å². The van der Waals surface area contributed by atoms with E-state index in [0.717, 1.165) is 31.4 Å². The molecule has 25 heavy (non-hydrogen) atoms. The lowest BCUT2D eigenvalue weighted by Crippen LogP contribution is -2.47. The molecule has 3 aliphatic carbocycles. The first-order valence-corrected chi connectivity index (χ1v) is 9.64. The van der Waals surface area contributed by atoms with Crippen molar-refractivity contribution < 1.29 is 19.1 Å². The van der Waals surface area contributed by atoms with Crippen LogP contribution in [0.4, 0.5) is 0 Å². The van der Waals surface area contributed by atoms with E-state index in [1.807, 2.05) is 0 Å². The summed E-state index contributed by atoms with van der Waals surface area (Å²) in [6.07, 6.45) is 12.4. The summed E-state index contributed by atoms with van der Waals surface area (Å²) >= 11 is 0. The minimum Gasteiger partial charge on any atom is -0.463 e. The second-order valence-corrected chi connectivity index (χ2v) is 7.91. The molecule has 0 heterocycles. The summed E-state index contributed by atoms with van der Waals surface area (Å²) in [5.74, 6) is 0.355. The molecule has 4 nitrogen and oxygen atoms in total. The van der Waals surface area contributed by atoms with Crippen molar-refractivity contribution in [1.82, 2.24) is 0 Å². The fourth-order valence-electron chi connectivity index (χ4n) is 3.74. The first kappa shape index (κ1) is 19.7. The fraction of sp³-hybridized carbons (Fsp3) is 0.714. The highest BCUT2D eigenvalue weighted by Gasteiger charge is 2.49. The zero-order valence-corrected chi connectivity index (χ0v) is 15.9. The minimum absolute atomic E-state index is 0.332. The molecule has 0 aromatic carbocycles. The molecule has 0 amide bonds. The van der Waals surface area contributed by atoms with Crippen molar-refractivity contribution in [3.63, 3.8) is 0 Å². The van der Waals surface area contributed by atoms with E-state index < -0.39 is 11.9 Å². The van der Waals surface area contributed by atoms with Gasteiger partial charge < -0.3 is 9.47 Å². The lowest BCUT2D eigenvalue weighted by Gasteiger charge is -2.55. The van der Waals surface area contributed by atoms with E-state index in [2.05, 4.69) is 26.8 Å². The number of fused-ring (bicyclic) bond motifs is 1. The quantitative estimate of drug-likeness (QED) is 0.251. The number of hydrogen-bond donors (Lipinski definition) is 0. The van der Waals surface area contributed by atoms with Crippen LogP contribution in [0.15, 0.2) is 23.8 Å². The molecular formula is C21H32O4. The maximum Gasteiger partial charge on any atom is 0.331 e. The average Bonchev–Trinajstić information content (AvgIpc) is 2.61. The SMILES string of the molecule is CCCCCCCOC(=O)/C=C/C(=O)OCC1=CC2CC(C1)C2(C)C. The Morgan fingerprint density at radius 1 is 1.12 bits per heavy atom. The van der Waals surface area contributed by atoms with Crippen molar-refractivity contribution in [2.45, 2.75) is 65.7 Å². The lowest BCUT2D eigenvalue weighted by atomic mass is 9.50. The Morgan fingerprint density at radius 3 is 2.40 bits per heavy atom. The van der Waals surface area contributed by atoms with Crippen LogP contribution < -0.4 is 0 Å². The molecule has 0 radical (unpaired) electrons. The van der Waals surface area contributed by atoms with Crippen molar-refractivity contribution in [2.24, 2.45) is 17.3 Å². The molecule has 1 fully saturated rings. The van der Waals surface area contributed by atoms with Gasteiger partial charge in [0.25, 0.3) is 0 Å². The molecule has 0 aromatic heterocycles. The van der Waals surface area contributed by atoms with Gasteiger partial charge in [-0.05, 0) is 42.1 Å². The van der Waals surface area contributed by atoms with E-state index in [4.69, 9.17) is 9.47 Å². The number of rotatable bonds is 10. The highest BCUT2D eigenvalue weighted by atomic mass is 16.5. The second kappa shape index (κ2) is 9.21. The van der Waals surface area contributed by atoms with Crippen molar-refractivity contribution >= 4 is 11.9 Å². The van der Waals surface area contributed by atoms with Gasteiger partial charge in [0, 0.05) is 12.2 Å². The maximum absolute atomic E-state index is 11.7. The number of ether oxygens (including phenoxy) is 2. The summed E-state index contributed by atoms with van der Waals surface area (Å²) in [7, 11) is 0. The topological polar surface area (TPSA) is 52.6 Å². The molecule has 0 aliphatic heterocycles. The summed E-state index contributed by atoms with van der Waals surface area (Å²) in [5.41, 5.74) is 1.60. The third kappa shape index (κ3) is 5.72. The van der Waals surface area contributed by atoms with Crippen molar-refractivity contribution in [2.75, 3.05) is 13.2 Å². The minimum atomic E-state index is -0.487. The highest BCUT2D eigenvalue weighted by Crippen LogP contribution is 2.57. The summed E-state index contributed by atoms with van der Waals surface area (Å²) in [6, 6.07) is 0. The Balaban J connectivity index is 1.59. The second-order valence-electron chi connectivity index (χ2n) is 7.91. The molecule has 0 saturated heterocycles. The summed E-state index contributed by atoms with van der Waals surface area (Å²) < 4.78 is 10.3. The van der Waals surface area contributed by atoms with Crippen LogP contribution >= 0.6 is 0 Å². The maximum atomic E-state index is 11.7. The summed E-state index contributed by atoms with van der Waals surface area (Å²) in [4.78, 5) is 23.2. The Labute approximate surface area is 151 Å². The van der Waals surface area contributed by atoms with E-state index in [1.165, 1.54) is 31.3 Å². The number of unbranched alkanes of at least 4 members (excludes halogenated alkanes) is 4. The van der Waals surface area contributed by atoms with E-state index in [0.29, 0.717) is 30.5 Å². The van der Waals surface area contributed by atoms with Gasteiger partial charge in [-0.1, -0.05) is 52.5 Å². The van der Waals surface area contributed by atoms with Crippen LogP contribution in [0, 0.1) is 17.3 Å². The van der Waals surface area contributed by atoms with Crippen LogP contribution in [0.25, 0.3) is 0 Å². The van der Waals surface area contributed by atoms with E-state index in [9.17, 15) is 9.59 Å². The molecule has 3 rings (SSSR count). The number of allylic oxidation sites excluding steroid dienone is 1. The van der Waals surface area contributed by atoms with Crippen LogP contribution in [0.2, 0.25) is 0 Å². The van der Waals surface area contributed by atoms with Gasteiger partial charge >= 0.3 is 11.9 Å². The molecule has 0 N–H and O–H groups in total. The zero-order chi connectivity index (χ0) is 18.3. The molecule has 3 aliphatic rings. The Kier molecular flexibility index (Phi) is 7.27. The van der Waals surface area contributed by atoms with Gasteiger partial charge in [0.15, 0.2) is 0 Å². The molecule has 2 bridgehead atoms. The lowest BCUT2D eigenvalue weighted by molar-refractivity contribution is -0.140. The smallest absolute Gasteiger partial charge is 0.331 e. The van der Waals surface area contributed by atoms with E-state index >= 15 is 0 Å². The normalized spacial score (nSPS) is 23.7. The Bertz CT molecular complexity index is 530. The molecule has 1 saturated carbocycles. The number of carbonyl (C=O) groups excluding carboxylic acids is 2. The highest BCUT2D eigenvalue weighted by molar-refractivity contribution is 5.91. The largest absolute Gasteiger partial charge is 0.463 e. The predicted octanol–water partition coefficient (Wildman–Crippen LogP) is 4.59. The zero-order valence-electron chi connectivity index (χ0n) is 15.9. The van der Waals surface area contributed by atoms with Crippen LogP contribution in [0.5, 0.6) is 0 Å². The standard InChI is InChI=1S/C21H32O4/c1-4-5-6-7-8-11-24-19(22)9-10-20(23)25-15-16-12-17-14-18(13-16)21(17,2)3/h9-10,12,17-18H,4-8,11,13-15H2,1-3H3/b10-9+. The van der Waals surface area contributed by atoms with Crippen LogP contribution in [-0.2, 0) is 19.1 Å². The number of esters is 2. The fourth-order valence-corrected chi connectivity index (χ4v) is 3.74. The van der Waals surface area contributed by atoms with Crippen molar-refractivity contribution in [3.05, 3.63) is 23.8 Å². The van der Waals surface area contributed by atoms with Crippen molar-refractivity contribution in [3.8, 4) is 0 Å². The van der Waals surface area contributed by atoms with Crippen LogP contribution in [-0.4, -0.2) is 25.2 Å². The van der Waals surface area contributed by atoms with E-state index in [1.54, 1.807) is 0 Å². The van der Waals surface area contributed by atoms with Gasteiger partial charge in [0.1, 0.15) is 6.61 Å². The van der Waals surface area contributed by atoms with Gasteiger partial charge in [-0.2, -0.15) is 0 Å². The molecule has 2 unspecified atom stereocenters. The summed E-state index contributed by atoms with van der Waals surface area (Å²) in [6.45, 7) is 7.52. The summed E-state index contributed by atoms with van der Waals surface area (Å²) in [5, 5.41) is 0. The predicted molar refractivity (Wildman–Crippen MR) is 97.9 cm³/mol. The van der Waals surface area contributed by atoms with E-state index in [-0.39, 0.29) is 0 Å².